The van der Waals surface area contributed by atoms with E-state index in [0.29, 0.717) is 27.2 Å². The van der Waals surface area contributed by atoms with Crippen LogP contribution in [0.25, 0.3) is 17.0 Å². The van der Waals surface area contributed by atoms with Gasteiger partial charge in [0.15, 0.2) is 16.8 Å². The van der Waals surface area contributed by atoms with Crippen LogP contribution in [0, 0.1) is 0 Å². The van der Waals surface area contributed by atoms with Crippen LogP contribution in [0.2, 0.25) is 0 Å². The lowest BCUT2D eigenvalue weighted by Crippen LogP contribution is -2.17. The standard InChI is InChI=1S/C25H20N2O4S/c1-31-23-12-5-6-13-24(23)32(30)27-21-11-7-10-20-18(21)16-19(25(29)26-20)22(28)15-14-17-8-3-2-4-9-17/h2-16,27H,1H3,(H,26,29)/b15-14+. The minimum absolute atomic E-state index is 0.00186. The number of methoxy groups -OCH3 is 1. The Kier molecular flexibility index (Phi) is 6.28. The van der Waals surface area contributed by atoms with Crippen molar-refractivity contribution in [1.82, 2.24) is 4.98 Å². The lowest BCUT2D eigenvalue weighted by atomic mass is 10.1. The number of pyridine rings is 1. The number of ether oxygens (including phenoxy) is 1. The van der Waals surface area contributed by atoms with Crippen LogP contribution in [0.4, 0.5) is 5.69 Å². The zero-order chi connectivity index (χ0) is 22.5. The van der Waals surface area contributed by atoms with Crippen LogP contribution in [0.3, 0.4) is 0 Å². The molecule has 1 atom stereocenters. The Morgan fingerprint density at radius 3 is 2.53 bits per heavy atom. The number of rotatable bonds is 7. The SMILES string of the molecule is COc1ccccc1S(=O)Nc1cccc2[nH]c(=O)c(C(=O)/C=C/c3ccccc3)cc12. The molecule has 0 saturated heterocycles. The zero-order valence-electron chi connectivity index (χ0n) is 17.2. The van der Waals surface area contributed by atoms with Crippen molar-refractivity contribution in [2.45, 2.75) is 4.90 Å². The summed E-state index contributed by atoms with van der Waals surface area (Å²) in [6, 6.07) is 23.1. The number of aromatic nitrogens is 1. The third kappa shape index (κ3) is 4.53. The lowest BCUT2D eigenvalue weighted by Gasteiger charge is -2.12. The third-order valence-electron chi connectivity index (χ3n) is 4.85. The topological polar surface area (TPSA) is 88.3 Å². The summed E-state index contributed by atoms with van der Waals surface area (Å²) in [5.74, 6) is 0.0755. The van der Waals surface area contributed by atoms with Crippen molar-refractivity contribution in [1.29, 1.82) is 0 Å². The van der Waals surface area contributed by atoms with Gasteiger partial charge in [0.25, 0.3) is 5.56 Å². The van der Waals surface area contributed by atoms with Gasteiger partial charge >= 0.3 is 0 Å². The second-order valence-electron chi connectivity index (χ2n) is 6.91. The average Bonchev–Trinajstić information content (AvgIpc) is 2.82. The van der Waals surface area contributed by atoms with E-state index in [2.05, 4.69) is 9.71 Å². The van der Waals surface area contributed by atoms with Crippen molar-refractivity contribution in [2.75, 3.05) is 11.8 Å². The van der Waals surface area contributed by atoms with Crippen LogP contribution in [0.1, 0.15) is 15.9 Å². The van der Waals surface area contributed by atoms with Gasteiger partial charge in [0.05, 0.1) is 23.9 Å². The molecule has 0 radical (unpaired) electrons. The lowest BCUT2D eigenvalue weighted by molar-refractivity contribution is 0.104. The second kappa shape index (κ2) is 9.45. The van der Waals surface area contributed by atoms with Crippen LogP contribution < -0.4 is 15.0 Å². The summed E-state index contributed by atoms with van der Waals surface area (Å²) in [6.45, 7) is 0. The molecule has 0 amide bonds. The molecule has 0 aliphatic heterocycles. The number of H-pyrrole nitrogens is 1. The first kappa shape index (κ1) is 21.3. The maximum Gasteiger partial charge on any atom is 0.259 e. The molecule has 0 bridgehead atoms. The first-order valence-corrected chi connectivity index (χ1v) is 11.0. The van der Waals surface area contributed by atoms with E-state index in [9.17, 15) is 13.8 Å². The summed E-state index contributed by atoms with van der Waals surface area (Å²) >= 11 is 0. The van der Waals surface area contributed by atoms with E-state index in [4.69, 9.17) is 4.74 Å². The fraction of sp³-hybridized carbons (Fsp3) is 0.0400. The molecule has 3 aromatic carbocycles. The van der Waals surface area contributed by atoms with Crippen LogP contribution in [0.5, 0.6) is 5.75 Å². The predicted octanol–water partition coefficient (Wildman–Crippen LogP) is 4.57. The zero-order valence-corrected chi connectivity index (χ0v) is 18.0. The number of carbonyl (C=O) groups is 1. The van der Waals surface area contributed by atoms with E-state index in [1.807, 2.05) is 30.3 Å². The van der Waals surface area contributed by atoms with Crippen molar-refractivity contribution < 1.29 is 13.7 Å². The van der Waals surface area contributed by atoms with Crippen molar-refractivity contribution in [3.05, 3.63) is 106 Å². The summed E-state index contributed by atoms with van der Waals surface area (Å²) in [4.78, 5) is 28.5. The van der Waals surface area contributed by atoms with Crippen LogP contribution in [-0.2, 0) is 11.0 Å². The largest absolute Gasteiger partial charge is 0.495 e. The Bertz CT molecular complexity index is 1390. The molecule has 1 unspecified atom stereocenters. The quantitative estimate of drug-likeness (QED) is 0.323. The van der Waals surface area contributed by atoms with Crippen LogP contribution >= 0.6 is 0 Å². The van der Waals surface area contributed by atoms with Gasteiger partial charge in [0, 0.05) is 5.39 Å². The van der Waals surface area contributed by atoms with Gasteiger partial charge in [0.1, 0.15) is 10.6 Å². The predicted molar refractivity (Wildman–Crippen MR) is 127 cm³/mol. The van der Waals surface area contributed by atoms with Crippen molar-refractivity contribution in [3.8, 4) is 5.75 Å². The van der Waals surface area contributed by atoms with Gasteiger partial charge in [-0.2, -0.15) is 0 Å². The highest BCUT2D eigenvalue weighted by Gasteiger charge is 2.14. The molecule has 1 aromatic heterocycles. The molecule has 0 aliphatic rings. The maximum atomic E-state index is 13.0. The van der Waals surface area contributed by atoms with Crippen LogP contribution in [0.15, 0.2) is 94.6 Å². The molecule has 0 aliphatic carbocycles. The number of para-hydroxylation sites is 1. The Morgan fingerprint density at radius 1 is 1.00 bits per heavy atom. The number of aromatic amines is 1. The van der Waals surface area contributed by atoms with Crippen molar-refractivity contribution >= 4 is 39.4 Å². The first-order valence-electron chi connectivity index (χ1n) is 9.82. The molecule has 32 heavy (non-hydrogen) atoms. The number of hydrogen-bond acceptors (Lipinski definition) is 4. The number of carbonyl (C=O) groups excluding carboxylic acids is 1. The minimum Gasteiger partial charge on any atom is -0.495 e. The van der Waals surface area contributed by atoms with Crippen molar-refractivity contribution in [3.63, 3.8) is 0 Å². The van der Waals surface area contributed by atoms with Crippen LogP contribution in [-0.4, -0.2) is 22.1 Å². The molecule has 2 N–H and O–H groups in total. The molecule has 4 rings (SSSR count). The van der Waals surface area contributed by atoms with E-state index in [1.54, 1.807) is 48.5 Å². The smallest absolute Gasteiger partial charge is 0.259 e. The Balaban J connectivity index is 1.69. The molecule has 0 fully saturated rings. The number of allylic oxidation sites excluding steroid dienone is 1. The fourth-order valence-electron chi connectivity index (χ4n) is 3.25. The van der Waals surface area contributed by atoms with E-state index in [0.717, 1.165) is 5.56 Å². The Labute approximate surface area is 187 Å². The van der Waals surface area contributed by atoms with Gasteiger partial charge < -0.3 is 14.4 Å². The maximum absolute atomic E-state index is 13.0. The summed E-state index contributed by atoms with van der Waals surface area (Å²) in [7, 11) is -0.105. The van der Waals surface area contributed by atoms with E-state index >= 15 is 0 Å². The summed E-state index contributed by atoms with van der Waals surface area (Å²) in [6.07, 6.45) is 3.03. The molecule has 1 heterocycles. The Hall–Kier alpha value is -3.97. The summed E-state index contributed by atoms with van der Waals surface area (Å²) < 4.78 is 21.2. The van der Waals surface area contributed by atoms with Crippen molar-refractivity contribution in [2.24, 2.45) is 0 Å². The monoisotopic (exact) mass is 444 g/mol. The number of benzene rings is 3. The first-order chi connectivity index (χ1) is 15.6. The molecule has 0 saturated carbocycles. The van der Waals surface area contributed by atoms with Gasteiger partial charge in [-0.05, 0) is 42.0 Å². The minimum atomic E-state index is -1.62. The molecule has 7 heteroatoms. The highest BCUT2D eigenvalue weighted by atomic mass is 32.2. The molecule has 160 valence electrons. The molecular weight excluding hydrogens is 424 g/mol. The molecule has 6 nitrogen and oxygen atoms in total. The van der Waals surface area contributed by atoms with Gasteiger partial charge in [-0.1, -0.05) is 54.6 Å². The molecular formula is C25H20N2O4S. The van der Waals surface area contributed by atoms with Gasteiger partial charge in [-0.3, -0.25) is 9.59 Å². The molecule has 4 aromatic rings. The number of nitrogens with one attached hydrogen (secondary N) is 2. The average molecular weight is 445 g/mol. The van der Waals surface area contributed by atoms with Gasteiger partial charge in [-0.15, -0.1) is 0 Å². The highest BCUT2D eigenvalue weighted by Crippen LogP contribution is 2.26. The molecule has 0 spiro atoms. The highest BCUT2D eigenvalue weighted by molar-refractivity contribution is 7.86. The summed E-state index contributed by atoms with van der Waals surface area (Å²) in [5.41, 5.74) is 1.42. The number of fused-ring (bicyclic) bond motifs is 1. The van der Waals surface area contributed by atoms with E-state index < -0.39 is 22.3 Å². The van der Waals surface area contributed by atoms with Gasteiger partial charge in [0.2, 0.25) is 0 Å². The fourth-order valence-corrected chi connectivity index (χ4v) is 4.28. The third-order valence-corrected chi connectivity index (χ3v) is 5.99. The Morgan fingerprint density at radius 2 is 1.75 bits per heavy atom. The van der Waals surface area contributed by atoms with Gasteiger partial charge in [-0.25, -0.2) is 4.21 Å². The number of hydrogen-bond donors (Lipinski definition) is 2. The second-order valence-corrected chi connectivity index (χ2v) is 8.09. The normalized spacial score (nSPS) is 12.0. The van der Waals surface area contributed by atoms with E-state index in [1.165, 1.54) is 19.3 Å². The number of anilines is 1. The number of ketones is 1. The van der Waals surface area contributed by atoms with E-state index in [-0.39, 0.29) is 5.56 Å². The summed E-state index contributed by atoms with van der Waals surface area (Å²) in [5, 5.41) is 0.576.